The van der Waals surface area contributed by atoms with Gasteiger partial charge < -0.3 is 24.1 Å². The van der Waals surface area contributed by atoms with Crippen LogP contribution in [-0.2, 0) is 11.3 Å². The van der Waals surface area contributed by atoms with Gasteiger partial charge in [0.25, 0.3) is 11.8 Å². The number of aryl methyl sites for hydroxylation is 2. The summed E-state index contributed by atoms with van der Waals surface area (Å²) < 4.78 is 18.5. The number of amides is 2. The van der Waals surface area contributed by atoms with Gasteiger partial charge in [-0.15, -0.1) is 0 Å². The molecule has 0 aliphatic carbocycles. The summed E-state index contributed by atoms with van der Waals surface area (Å²) in [7, 11) is 1.50. The molecular weight excluding hydrogens is 498 g/mol. The number of rotatable bonds is 11. The molecule has 0 saturated heterocycles. The lowest BCUT2D eigenvalue weighted by atomic mass is 10.2. The summed E-state index contributed by atoms with van der Waals surface area (Å²) in [5, 5.41) is 6.83. The number of methoxy groups -OCH3 is 1. The Morgan fingerprint density at radius 1 is 1.00 bits per heavy atom. The fraction of sp³-hybridized carbons (Fsp3) is 0.241. The molecule has 4 aromatic rings. The maximum atomic E-state index is 12.6. The number of hydrogen-bond donors (Lipinski definition) is 2. The van der Waals surface area contributed by atoms with Gasteiger partial charge in [0, 0.05) is 17.8 Å². The molecule has 3 aromatic carbocycles. The van der Waals surface area contributed by atoms with E-state index in [4.69, 9.17) is 14.2 Å². The number of benzene rings is 3. The molecule has 0 bridgehead atoms. The Hall–Kier alpha value is -4.86. The SMILES string of the molecule is CCOc1ccc(NC(=O)COc2ccc(C=NNC(=O)c3ccc4c(c3)nc(C)n4CC)cc2OC)cc1. The number of fused-ring (bicyclic) bond motifs is 1. The average Bonchev–Trinajstić information content (AvgIpc) is 3.27. The van der Waals surface area contributed by atoms with Crippen molar-refractivity contribution in [3.05, 3.63) is 77.6 Å². The summed E-state index contributed by atoms with van der Waals surface area (Å²) >= 11 is 0. The number of hydrogen-bond acceptors (Lipinski definition) is 7. The highest BCUT2D eigenvalue weighted by Crippen LogP contribution is 2.27. The Balaban J connectivity index is 1.33. The second-order valence-electron chi connectivity index (χ2n) is 8.51. The molecule has 10 heteroatoms. The summed E-state index contributed by atoms with van der Waals surface area (Å²) in [5.41, 5.74) is 6.06. The van der Waals surface area contributed by atoms with Crippen molar-refractivity contribution in [3.8, 4) is 17.2 Å². The summed E-state index contributed by atoms with van der Waals surface area (Å²) in [4.78, 5) is 29.4. The molecule has 0 unspecified atom stereocenters. The molecule has 0 spiro atoms. The first kappa shape index (κ1) is 27.2. The number of anilines is 1. The second-order valence-corrected chi connectivity index (χ2v) is 8.51. The second kappa shape index (κ2) is 12.6. The molecule has 0 radical (unpaired) electrons. The number of nitrogens with one attached hydrogen (secondary N) is 2. The van der Waals surface area contributed by atoms with Crippen LogP contribution < -0.4 is 25.0 Å². The van der Waals surface area contributed by atoms with Gasteiger partial charge in [-0.1, -0.05) is 0 Å². The Bertz CT molecular complexity index is 1490. The van der Waals surface area contributed by atoms with Crippen LogP contribution in [0.15, 0.2) is 65.8 Å². The number of nitrogens with zero attached hydrogens (tertiary/aromatic N) is 3. The number of aromatic nitrogens is 2. The van der Waals surface area contributed by atoms with Crippen LogP contribution in [0.25, 0.3) is 11.0 Å². The monoisotopic (exact) mass is 529 g/mol. The van der Waals surface area contributed by atoms with Crippen molar-refractivity contribution in [2.75, 3.05) is 25.6 Å². The first-order valence-corrected chi connectivity index (χ1v) is 12.6. The van der Waals surface area contributed by atoms with Gasteiger partial charge in [-0.25, -0.2) is 10.4 Å². The lowest BCUT2D eigenvalue weighted by molar-refractivity contribution is -0.118. The quantitative estimate of drug-likeness (QED) is 0.218. The van der Waals surface area contributed by atoms with Crippen molar-refractivity contribution >= 4 is 34.7 Å². The van der Waals surface area contributed by atoms with E-state index < -0.39 is 0 Å². The van der Waals surface area contributed by atoms with Crippen LogP contribution in [-0.4, -0.2) is 47.9 Å². The molecule has 1 heterocycles. The van der Waals surface area contributed by atoms with Gasteiger partial charge in [0.1, 0.15) is 11.6 Å². The van der Waals surface area contributed by atoms with Gasteiger partial charge in [-0.2, -0.15) is 5.10 Å². The van der Waals surface area contributed by atoms with Gasteiger partial charge in [-0.3, -0.25) is 9.59 Å². The van der Waals surface area contributed by atoms with Crippen LogP contribution in [0.5, 0.6) is 17.2 Å². The van der Waals surface area contributed by atoms with Crippen molar-refractivity contribution in [2.45, 2.75) is 27.3 Å². The topological polar surface area (TPSA) is 116 Å². The van der Waals surface area contributed by atoms with Gasteiger partial charge in [0.2, 0.25) is 0 Å². The summed E-state index contributed by atoms with van der Waals surface area (Å²) in [6.45, 7) is 7.08. The lowest BCUT2D eigenvalue weighted by Crippen LogP contribution is -2.20. The van der Waals surface area contributed by atoms with Crippen molar-refractivity contribution in [3.63, 3.8) is 0 Å². The standard InChI is InChI=1S/C29H31N5O5/c1-5-34-19(3)31-24-16-21(8-13-25(24)34)29(36)33-30-17-20-7-14-26(27(15-20)37-4)39-18-28(35)32-22-9-11-23(12-10-22)38-6-2/h7-17H,5-6,18H2,1-4H3,(H,32,35)(H,33,36). The van der Waals surface area contributed by atoms with Gasteiger partial charge in [-0.05, 0) is 87.0 Å². The third-order valence-corrected chi connectivity index (χ3v) is 5.89. The van der Waals surface area contributed by atoms with Crippen molar-refractivity contribution in [1.82, 2.24) is 15.0 Å². The molecule has 39 heavy (non-hydrogen) atoms. The number of ether oxygens (including phenoxy) is 3. The third kappa shape index (κ3) is 6.72. The minimum absolute atomic E-state index is 0.201. The smallest absolute Gasteiger partial charge is 0.271 e. The van der Waals surface area contributed by atoms with E-state index in [1.807, 2.05) is 19.9 Å². The van der Waals surface area contributed by atoms with Gasteiger partial charge in [0.15, 0.2) is 18.1 Å². The fourth-order valence-corrected chi connectivity index (χ4v) is 4.05. The van der Waals surface area contributed by atoms with Gasteiger partial charge in [0.05, 0.1) is 31.0 Å². The van der Waals surface area contributed by atoms with E-state index in [2.05, 4.69) is 32.3 Å². The molecule has 0 atom stereocenters. The molecule has 4 rings (SSSR count). The molecule has 0 aliphatic rings. The maximum absolute atomic E-state index is 12.6. The van der Waals surface area contributed by atoms with Crippen LogP contribution in [0, 0.1) is 6.92 Å². The van der Waals surface area contributed by atoms with Gasteiger partial charge >= 0.3 is 0 Å². The zero-order valence-corrected chi connectivity index (χ0v) is 22.4. The van der Waals surface area contributed by atoms with E-state index in [9.17, 15) is 9.59 Å². The van der Waals surface area contributed by atoms with Crippen molar-refractivity contribution < 1.29 is 23.8 Å². The van der Waals surface area contributed by atoms with E-state index in [0.717, 1.165) is 29.2 Å². The van der Waals surface area contributed by atoms with E-state index in [1.54, 1.807) is 54.6 Å². The number of carbonyl (C=O) groups is 2. The van der Waals surface area contributed by atoms with E-state index in [1.165, 1.54) is 13.3 Å². The highest BCUT2D eigenvalue weighted by atomic mass is 16.5. The molecule has 0 fully saturated rings. The Labute approximate surface area is 226 Å². The first-order chi connectivity index (χ1) is 18.9. The zero-order valence-electron chi connectivity index (χ0n) is 22.4. The molecule has 1 aromatic heterocycles. The minimum Gasteiger partial charge on any atom is -0.494 e. The molecule has 202 valence electrons. The van der Waals surface area contributed by atoms with E-state index >= 15 is 0 Å². The highest BCUT2D eigenvalue weighted by molar-refractivity contribution is 5.98. The predicted molar refractivity (Wildman–Crippen MR) is 150 cm³/mol. The normalized spacial score (nSPS) is 11.0. The fourth-order valence-electron chi connectivity index (χ4n) is 4.05. The number of carbonyl (C=O) groups excluding carboxylic acids is 2. The Morgan fingerprint density at radius 2 is 1.79 bits per heavy atom. The molecular formula is C29H31N5O5. The first-order valence-electron chi connectivity index (χ1n) is 12.6. The molecule has 10 nitrogen and oxygen atoms in total. The minimum atomic E-state index is -0.345. The molecule has 0 aliphatic heterocycles. The molecule has 2 N–H and O–H groups in total. The van der Waals surface area contributed by atoms with Crippen molar-refractivity contribution in [1.29, 1.82) is 0 Å². The van der Waals surface area contributed by atoms with Crippen LogP contribution in [0.4, 0.5) is 5.69 Å². The summed E-state index contributed by atoms with van der Waals surface area (Å²) in [5.74, 6) is 1.79. The highest BCUT2D eigenvalue weighted by Gasteiger charge is 2.11. The van der Waals surface area contributed by atoms with Crippen LogP contribution in [0.1, 0.15) is 35.6 Å². The zero-order chi connectivity index (χ0) is 27.8. The largest absolute Gasteiger partial charge is 0.494 e. The predicted octanol–water partition coefficient (Wildman–Crippen LogP) is 4.55. The lowest BCUT2D eigenvalue weighted by Gasteiger charge is -2.12. The molecule has 2 amide bonds. The summed E-state index contributed by atoms with van der Waals surface area (Å²) in [6, 6.07) is 17.6. The molecule has 0 saturated carbocycles. The van der Waals surface area contributed by atoms with E-state index in [-0.39, 0.29) is 18.4 Å². The third-order valence-electron chi connectivity index (χ3n) is 5.89. The van der Waals surface area contributed by atoms with Crippen molar-refractivity contribution in [2.24, 2.45) is 5.10 Å². The number of hydrazone groups is 1. The Kier molecular flexibility index (Phi) is 8.78. The average molecular weight is 530 g/mol. The summed E-state index contributed by atoms with van der Waals surface area (Å²) in [6.07, 6.45) is 1.50. The maximum Gasteiger partial charge on any atom is 0.271 e. The van der Waals surface area contributed by atoms with Crippen LogP contribution in [0.3, 0.4) is 0 Å². The Morgan fingerprint density at radius 3 is 2.51 bits per heavy atom. The van der Waals surface area contributed by atoms with Crippen LogP contribution in [0.2, 0.25) is 0 Å². The van der Waals surface area contributed by atoms with E-state index in [0.29, 0.717) is 34.9 Å². The van der Waals surface area contributed by atoms with Crippen LogP contribution >= 0.6 is 0 Å². The number of imidazole rings is 1.